The number of nitrogens with zero attached hydrogens (tertiary/aromatic N) is 1. The Morgan fingerprint density at radius 1 is 1.18 bits per heavy atom. The van der Waals surface area contributed by atoms with Gasteiger partial charge in [0.1, 0.15) is 0 Å². The van der Waals surface area contributed by atoms with Crippen molar-refractivity contribution in [2.75, 3.05) is 25.0 Å². The van der Waals surface area contributed by atoms with Gasteiger partial charge in [0.2, 0.25) is 0 Å². The van der Waals surface area contributed by atoms with Gasteiger partial charge in [-0.3, -0.25) is 4.90 Å². The molecule has 2 rings (SSSR count). The van der Waals surface area contributed by atoms with E-state index in [1.54, 1.807) is 0 Å². The highest BCUT2D eigenvalue weighted by atomic mass is 15.1. The van der Waals surface area contributed by atoms with Gasteiger partial charge < -0.3 is 5.32 Å². The normalized spacial score (nSPS) is 13.8. The predicted molar refractivity (Wildman–Crippen MR) is 74.5 cm³/mol. The highest BCUT2D eigenvalue weighted by Gasteiger charge is 2.11. The molecule has 0 saturated carbocycles. The molecule has 1 aliphatic heterocycles. The van der Waals surface area contributed by atoms with E-state index in [4.69, 9.17) is 0 Å². The largest absolute Gasteiger partial charge is 0.384 e. The monoisotopic (exact) mass is 232 g/mol. The number of benzene rings is 1. The molecule has 0 bridgehead atoms. The van der Waals surface area contributed by atoms with Gasteiger partial charge in [-0.25, -0.2) is 0 Å². The van der Waals surface area contributed by atoms with E-state index in [1.807, 2.05) is 0 Å². The van der Waals surface area contributed by atoms with Crippen LogP contribution in [0.5, 0.6) is 0 Å². The molecule has 0 radical (unpaired) electrons. The molecule has 2 heteroatoms. The van der Waals surface area contributed by atoms with Crippen LogP contribution in [-0.4, -0.2) is 24.5 Å². The lowest BCUT2D eigenvalue weighted by Crippen LogP contribution is -2.24. The molecule has 2 nitrogen and oxygen atoms in total. The third kappa shape index (κ3) is 3.22. The van der Waals surface area contributed by atoms with Gasteiger partial charge in [-0.2, -0.15) is 0 Å². The van der Waals surface area contributed by atoms with Gasteiger partial charge in [0.15, 0.2) is 0 Å². The van der Waals surface area contributed by atoms with Gasteiger partial charge in [-0.1, -0.05) is 26.0 Å². The molecule has 1 aromatic rings. The Morgan fingerprint density at radius 3 is 2.65 bits per heavy atom. The molecule has 94 valence electrons. The number of hydrogen-bond donors (Lipinski definition) is 1. The van der Waals surface area contributed by atoms with Crippen LogP contribution in [0.1, 0.15) is 37.8 Å². The van der Waals surface area contributed by atoms with Crippen LogP contribution >= 0.6 is 0 Å². The van der Waals surface area contributed by atoms with Gasteiger partial charge >= 0.3 is 0 Å². The lowest BCUT2D eigenvalue weighted by atomic mass is 10.1. The van der Waals surface area contributed by atoms with E-state index in [0.29, 0.717) is 0 Å². The lowest BCUT2D eigenvalue weighted by molar-refractivity contribution is 0.266. The summed E-state index contributed by atoms with van der Waals surface area (Å²) in [5.74, 6) is 0. The molecular formula is C15H24N2. The van der Waals surface area contributed by atoms with Gasteiger partial charge in [-0.15, -0.1) is 0 Å². The fourth-order valence-corrected chi connectivity index (χ4v) is 2.60. The van der Waals surface area contributed by atoms with Crippen LogP contribution in [0.2, 0.25) is 0 Å². The first-order valence-electron chi connectivity index (χ1n) is 6.91. The molecule has 0 saturated heterocycles. The fourth-order valence-electron chi connectivity index (χ4n) is 2.60. The maximum atomic E-state index is 3.46. The summed E-state index contributed by atoms with van der Waals surface area (Å²) in [4.78, 5) is 2.55. The fraction of sp³-hybridized carbons (Fsp3) is 0.600. The zero-order valence-electron chi connectivity index (χ0n) is 11.1. The van der Waals surface area contributed by atoms with Gasteiger partial charge in [0.25, 0.3) is 0 Å². The molecule has 0 unspecified atom stereocenters. The van der Waals surface area contributed by atoms with E-state index < -0.39 is 0 Å². The number of anilines is 1. The van der Waals surface area contributed by atoms with Crippen molar-refractivity contribution >= 4 is 5.69 Å². The van der Waals surface area contributed by atoms with Crippen molar-refractivity contribution in [1.29, 1.82) is 0 Å². The third-order valence-electron chi connectivity index (χ3n) is 3.37. The second kappa shape index (κ2) is 6.06. The van der Waals surface area contributed by atoms with Crippen LogP contribution in [0.4, 0.5) is 5.69 Å². The van der Waals surface area contributed by atoms with Crippen molar-refractivity contribution in [2.24, 2.45) is 0 Å². The first-order valence-corrected chi connectivity index (χ1v) is 6.91. The van der Waals surface area contributed by atoms with E-state index in [2.05, 4.69) is 42.3 Å². The second-order valence-corrected chi connectivity index (χ2v) is 4.94. The SMILES string of the molecule is CCCN(CCC)Cc1ccc2c(c1)NCC2. The third-order valence-corrected chi connectivity index (χ3v) is 3.37. The van der Waals surface area contributed by atoms with Gasteiger partial charge in [0.05, 0.1) is 0 Å². The smallest absolute Gasteiger partial charge is 0.0376 e. The maximum Gasteiger partial charge on any atom is 0.0376 e. The number of rotatable bonds is 6. The summed E-state index contributed by atoms with van der Waals surface area (Å²) in [6, 6.07) is 6.92. The molecule has 1 aliphatic rings. The Balaban J connectivity index is 2.01. The Kier molecular flexibility index (Phi) is 4.43. The summed E-state index contributed by atoms with van der Waals surface area (Å²) in [5.41, 5.74) is 4.28. The van der Waals surface area contributed by atoms with E-state index in [1.165, 1.54) is 49.2 Å². The average molecular weight is 232 g/mol. The van der Waals surface area contributed by atoms with Crippen LogP contribution < -0.4 is 5.32 Å². The predicted octanol–water partition coefficient (Wildman–Crippen LogP) is 3.28. The molecular weight excluding hydrogens is 208 g/mol. The quantitative estimate of drug-likeness (QED) is 0.809. The van der Waals surface area contributed by atoms with Crippen molar-refractivity contribution in [3.8, 4) is 0 Å². The Morgan fingerprint density at radius 2 is 1.94 bits per heavy atom. The Labute approximate surface area is 105 Å². The molecule has 0 fully saturated rings. The Bertz CT molecular complexity index is 354. The summed E-state index contributed by atoms with van der Waals surface area (Å²) in [6.45, 7) is 9.12. The van der Waals surface area contributed by atoms with Gasteiger partial charge in [0, 0.05) is 18.8 Å². The van der Waals surface area contributed by atoms with Gasteiger partial charge in [-0.05, 0) is 49.5 Å². The molecule has 0 aliphatic carbocycles. The summed E-state index contributed by atoms with van der Waals surface area (Å²) in [5, 5.41) is 3.46. The maximum absolute atomic E-state index is 3.46. The van der Waals surface area contributed by atoms with Crippen molar-refractivity contribution < 1.29 is 0 Å². The topological polar surface area (TPSA) is 15.3 Å². The first-order chi connectivity index (χ1) is 8.33. The van der Waals surface area contributed by atoms with Crippen LogP contribution in [0.25, 0.3) is 0 Å². The highest BCUT2D eigenvalue weighted by molar-refractivity contribution is 5.56. The van der Waals surface area contributed by atoms with E-state index in [-0.39, 0.29) is 0 Å². The summed E-state index contributed by atoms with van der Waals surface area (Å²) >= 11 is 0. The minimum absolute atomic E-state index is 1.09. The second-order valence-electron chi connectivity index (χ2n) is 4.94. The zero-order valence-corrected chi connectivity index (χ0v) is 11.1. The van der Waals surface area contributed by atoms with E-state index in [0.717, 1.165) is 13.1 Å². The molecule has 1 aromatic carbocycles. The van der Waals surface area contributed by atoms with E-state index in [9.17, 15) is 0 Å². The van der Waals surface area contributed by atoms with Crippen LogP contribution in [0, 0.1) is 0 Å². The number of hydrogen-bond acceptors (Lipinski definition) is 2. The van der Waals surface area contributed by atoms with Crippen LogP contribution in [0.15, 0.2) is 18.2 Å². The van der Waals surface area contributed by atoms with Crippen molar-refractivity contribution in [2.45, 2.75) is 39.7 Å². The standard InChI is InChI=1S/C15H24N2/c1-3-9-17(10-4-2)12-13-5-6-14-7-8-16-15(14)11-13/h5-6,11,16H,3-4,7-10,12H2,1-2H3. The Hall–Kier alpha value is -1.02. The molecule has 1 heterocycles. The molecule has 0 atom stereocenters. The van der Waals surface area contributed by atoms with Crippen molar-refractivity contribution in [1.82, 2.24) is 4.90 Å². The zero-order chi connectivity index (χ0) is 12.1. The molecule has 0 aromatic heterocycles. The summed E-state index contributed by atoms with van der Waals surface area (Å²) in [7, 11) is 0. The average Bonchev–Trinajstić information content (AvgIpc) is 2.77. The molecule has 17 heavy (non-hydrogen) atoms. The van der Waals surface area contributed by atoms with E-state index >= 15 is 0 Å². The minimum atomic E-state index is 1.09. The number of fused-ring (bicyclic) bond motifs is 1. The first kappa shape index (κ1) is 12.4. The lowest BCUT2D eigenvalue weighted by Gasteiger charge is -2.21. The summed E-state index contributed by atoms with van der Waals surface area (Å²) in [6.07, 6.45) is 3.66. The van der Waals surface area contributed by atoms with Crippen molar-refractivity contribution in [3.05, 3.63) is 29.3 Å². The summed E-state index contributed by atoms with van der Waals surface area (Å²) < 4.78 is 0. The van der Waals surface area contributed by atoms with Crippen LogP contribution in [0.3, 0.4) is 0 Å². The minimum Gasteiger partial charge on any atom is -0.384 e. The molecule has 0 spiro atoms. The van der Waals surface area contributed by atoms with Crippen molar-refractivity contribution in [3.63, 3.8) is 0 Å². The number of nitrogens with one attached hydrogen (secondary N) is 1. The molecule has 0 amide bonds. The van der Waals surface area contributed by atoms with Crippen LogP contribution in [-0.2, 0) is 13.0 Å². The molecule has 1 N–H and O–H groups in total. The highest BCUT2D eigenvalue weighted by Crippen LogP contribution is 2.23.